The van der Waals surface area contributed by atoms with Crippen molar-refractivity contribution in [2.45, 2.75) is 13.3 Å². The molecule has 4 aromatic rings. The van der Waals surface area contributed by atoms with E-state index in [0.29, 0.717) is 11.1 Å². The number of carbonyl (C=O) groups is 1. The van der Waals surface area contributed by atoms with Crippen LogP contribution in [0.5, 0.6) is 17.2 Å². The van der Waals surface area contributed by atoms with Crippen LogP contribution in [0.25, 0.3) is 21.9 Å². The summed E-state index contributed by atoms with van der Waals surface area (Å²) in [6.45, 7) is 1.73. The summed E-state index contributed by atoms with van der Waals surface area (Å²) < 4.78 is 16.7. The first kappa shape index (κ1) is 20.3. The van der Waals surface area contributed by atoms with Crippen molar-refractivity contribution < 1.29 is 23.8 Å². The number of aromatic hydroxyl groups is 1. The molecule has 0 bridgehead atoms. The zero-order valence-corrected chi connectivity index (χ0v) is 17.1. The molecule has 0 aliphatic heterocycles. The van der Waals surface area contributed by atoms with Crippen molar-refractivity contribution in [1.29, 1.82) is 0 Å². The molecule has 0 aliphatic rings. The number of methoxy groups -OCH3 is 1. The number of ether oxygens (including phenoxy) is 2. The number of hydrogen-bond donors (Lipinski definition) is 2. The van der Waals surface area contributed by atoms with E-state index in [1.807, 2.05) is 31.2 Å². The van der Waals surface area contributed by atoms with E-state index in [9.17, 15) is 14.7 Å². The molecule has 0 saturated carbocycles. The molecule has 0 saturated heterocycles. The van der Waals surface area contributed by atoms with Crippen LogP contribution >= 0.6 is 0 Å². The minimum Gasteiger partial charge on any atom is -0.507 e. The highest BCUT2D eigenvalue weighted by atomic mass is 16.5. The lowest BCUT2D eigenvalue weighted by molar-refractivity contribution is -0.118. The van der Waals surface area contributed by atoms with E-state index >= 15 is 0 Å². The Morgan fingerprint density at radius 2 is 1.94 bits per heavy atom. The van der Waals surface area contributed by atoms with Crippen molar-refractivity contribution in [3.8, 4) is 17.2 Å². The molecule has 0 atom stereocenters. The monoisotopic (exact) mass is 419 g/mol. The lowest BCUT2D eigenvalue weighted by Crippen LogP contribution is -2.20. The Kier molecular flexibility index (Phi) is 5.49. The van der Waals surface area contributed by atoms with Crippen molar-refractivity contribution in [3.63, 3.8) is 0 Å². The molecule has 4 rings (SSSR count). The van der Waals surface area contributed by atoms with E-state index in [-0.39, 0.29) is 46.0 Å². The highest BCUT2D eigenvalue weighted by Crippen LogP contribution is 2.33. The number of rotatable bonds is 6. The lowest BCUT2D eigenvalue weighted by atomic mass is 10.1. The van der Waals surface area contributed by atoms with Gasteiger partial charge >= 0.3 is 0 Å². The number of anilines is 1. The van der Waals surface area contributed by atoms with Crippen molar-refractivity contribution >= 4 is 33.5 Å². The average molecular weight is 419 g/mol. The van der Waals surface area contributed by atoms with Gasteiger partial charge in [0.25, 0.3) is 5.91 Å². The molecule has 0 radical (unpaired) electrons. The minimum atomic E-state index is -0.381. The second-order valence-corrected chi connectivity index (χ2v) is 6.93. The van der Waals surface area contributed by atoms with Crippen LogP contribution < -0.4 is 20.2 Å². The number of benzene rings is 3. The van der Waals surface area contributed by atoms with Crippen LogP contribution in [0.4, 0.5) is 5.69 Å². The van der Waals surface area contributed by atoms with E-state index < -0.39 is 0 Å². The summed E-state index contributed by atoms with van der Waals surface area (Å²) in [4.78, 5) is 25.2. The summed E-state index contributed by atoms with van der Waals surface area (Å²) in [6.07, 6.45) is 0.784. The Morgan fingerprint density at radius 1 is 1.13 bits per heavy atom. The van der Waals surface area contributed by atoms with Gasteiger partial charge in [-0.15, -0.1) is 0 Å². The number of fused-ring (bicyclic) bond motifs is 2. The quantitative estimate of drug-likeness (QED) is 0.454. The number of aryl methyl sites for hydroxylation is 1. The van der Waals surface area contributed by atoms with Crippen LogP contribution in [0.2, 0.25) is 0 Å². The SMILES string of the molecule is CCc1ccccc1NC(=O)COc1cc(O)c2c(=O)c3cccc(OC)c3oc2c1. The summed E-state index contributed by atoms with van der Waals surface area (Å²) in [5.74, 6) is -0.0394. The molecule has 0 fully saturated rings. The summed E-state index contributed by atoms with van der Waals surface area (Å²) in [7, 11) is 1.48. The Balaban J connectivity index is 1.62. The zero-order chi connectivity index (χ0) is 22.0. The largest absolute Gasteiger partial charge is 0.507 e. The maximum atomic E-state index is 12.8. The minimum absolute atomic E-state index is 0.0365. The zero-order valence-electron chi connectivity index (χ0n) is 17.1. The van der Waals surface area contributed by atoms with Crippen LogP contribution in [0.3, 0.4) is 0 Å². The van der Waals surface area contributed by atoms with E-state index in [1.165, 1.54) is 19.2 Å². The predicted octanol–water partition coefficient (Wildman–Crippen LogP) is 4.24. The van der Waals surface area contributed by atoms with Crippen LogP contribution in [0, 0.1) is 0 Å². The molecule has 1 aromatic heterocycles. The maximum absolute atomic E-state index is 12.8. The van der Waals surface area contributed by atoms with Gasteiger partial charge in [-0.05, 0) is 30.2 Å². The number of phenols is 1. The van der Waals surface area contributed by atoms with Gasteiger partial charge in [0.2, 0.25) is 5.43 Å². The van der Waals surface area contributed by atoms with Crippen molar-refractivity contribution in [1.82, 2.24) is 0 Å². The molecule has 0 aliphatic carbocycles. The van der Waals surface area contributed by atoms with E-state index in [1.54, 1.807) is 18.2 Å². The molecule has 1 amide bonds. The van der Waals surface area contributed by atoms with Gasteiger partial charge in [-0.1, -0.05) is 31.2 Å². The first-order chi connectivity index (χ1) is 15.0. The number of carbonyl (C=O) groups excluding carboxylic acids is 1. The molecular weight excluding hydrogens is 398 g/mol. The van der Waals surface area contributed by atoms with Gasteiger partial charge in [0.15, 0.2) is 17.9 Å². The fourth-order valence-corrected chi connectivity index (χ4v) is 3.46. The Hall–Kier alpha value is -4.00. The third-order valence-electron chi connectivity index (χ3n) is 4.98. The molecule has 0 spiro atoms. The number of phenolic OH excluding ortho intramolecular Hbond substituents is 1. The van der Waals surface area contributed by atoms with Gasteiger partial charge in [0.05, 0.1) is 12.5 Å². The second-order valence-electron chi connectivity index (χ2n) is 6.93. The fourth-order valence-electron chi connectivity index (χ4n) is 3.46. The topological polar surface area (TPSA) is 98.0 Å². The smallest absolute Gasteiger partial charge is 0.262 e. The van der Waals surface area contributed by atoms with E-state index in [2.05, 4.69) is 5.32 Å². The Morgan fingerprint density at radius 3 is 2.71 bits per heavy atom. The second kappa shape index (κ2) is 8.39. The molecule has 0 unspecified atom stereocenters. The summed E-state index contributed by atoms with van der Waals surface area (Å²) in [5, 5.41) is 13.6. The predicted molar refractivity (Wildman–Crippen MR) is 118 cm³/mol. The number of amides is 1. The number of nitrogens with one attached hydrogen (secondary N) is 1. The van der Waals surface area contributed by atoms with E-state index in [4.69, 9.17) is 13.9 Å². The average Bonchev–Trinajstić information content (AvgIpc) is 2.77. The molecule has 1 heterocycles. The lowest BCUT2D eigenvalue weighted by Gasteiger charge is -2.12. The first-order valence-corrected chi connectivity index (χ1v) is 9.79. The summed E-state index contributed by atoms with van der Waals surface area (Å²) in [5.41, 5.74) is 1.76. The highest BCUT2D eigenvalue weighted by molar-refractivity contribution is 5.96. The third kappa shape index (κ3) is 3.90. The van der Waals surface area contributed by atoms with Gasteiger partial charge in [0, 0.05) is 17.8 Å². The van der Waals surface area contributed by atoms with Crippen LogP contribution in [-0.4, -0.2) is 24.7 Å². The van der Waals surface area contributed by atoms with Crippen molar-refractivity contribution in [2.75, 3.05) is 19.0 Å². The molecule has 31 heavy (non-hydrogen) atoms. The van der Waals surface area contributed by atoms with Gasteiger partial charge in [-0.2, -0.15) is 0 Å². The Labute approximate surface area is 177 Å². The molecule has 7 nitrogen and oxygen atoms in total. The standard InChI is InChI=1S/C24H21NO6/c1-3-14-7-4-5-9-17(14)25-21(27)13-30-15-11-18(26)22-20(12-15)31-24-16(23(22)28)8-6-10-19(24)29-2/h4-12,26H,3,13H2,1-2H3,(H,25,27). The van der Waals surface area contributed by atoms with Crippen LogP contribution in [-0.2, 0) is 11.2 Å². The number of hydrogen-bond acceptors (Lipinski definition) is 6. The molecule has 158 valence electrons. The normalized spacial score (nSPS) is 10.9. The summed E-state index contributed by atoms with van der Waals surface area (Å²) in [6, 6.07) is 15.2. The van der Waals surface area contributed by atoms with Crippen LogP contribution in [0.15, 0.2) is 63.8 Å². The van der Waals surface area contributed by atoms with E-state index in [0.717, 1.165) is 17.7 Å². The van der Waals surface area contributed by atoms with Gasteiger partial charge < -0.3 is 24.3 Å². The maximum Gasteiger partial charge on any atom is 0.262 e. The van der Waals surface area contributed by atoms with Crippen molar-refractivity contribution in [2.24, 2.45) is 0 Å². The third-order valence-corrected chi connectivity index (χ3v) is 4.98. The fraction of sp³-hybridized carbons (Fsp3) is 0.167. The van der Waals surface area contributed by atoms with Gasteiger partial charge in [-0.3, -0.25) is 9.59 Å². The summed E-state index contributed by atoms with van der Waals surface area (Å²) >= 11 is 0. The van der Waals surface area contributed by atoms with Gasteiger partial charge in [0.1, 0.15) is 22.5 Å². The number of para-hydroxylation sites is 2. The Bertz CT molecular complexity index is 1340. The molecule has 7 heteroatoms. The highest BCUT2D eigenvalue weighted by Gasteiger charge is 2.16. The van der Waals surface area contributed by atoms with Crippen LogP contribution in [0.1, 0.15) is 12.5 Å². The van der Waals surface area contributed by atoms with Crippen molar-refractivity contribution in [3.05, 3.63) is 70.4 Å². The molecule has 3 aromatic carbocycles. The van der Waals surface area contributed by atoms with Gasteiger partial charge in [-0.25, -0.2) is 0 Å². The molecular formula is C24H21NO6. The molecule has 2 N–H and O–H groups in total. The first-order valence-electron chi connectivity index (χ1n) is 9.79.